The van der Waals surface area contributed by atoms with E-state index < -0.39 is 0 Å². The molecule has 2 rings (SSSR count). The van der Waals surface area contributed by atoms with E-state index in [1.165, 1.54) is 24.0 Å². The summed E-state index contributed by atoms with van der Waals surface area (Å²) in [6.07, 6.45) is 4.65. The van der Waals surface area contributed by atoms with Crippen LogP contribution in [0.3, 0.4) is 0 Å². The Morgan fingerprint density at radius 2 is 2.14 bits per heavy atom. The number of halogens is 1. The first-order chi connectivity index (χ1) is 10.1. The van der Waals surface area contributed by atoms with Gasteiger partial charge in [0.05, 0.1) is 6.04 Å². The van der Waals surface area contributed by atoms with Crippen molar-refractivity contribution in [1.29, 1.82) is 0 Å². The summed E-state index contributed by atoms with van der Waals surface area (Å²) in [6, 6.07) is 8.88. The van der Waals surface area contributed by atoms with E-state index in [-0.39, 0.29) is 30.3 Å². The van der Waals surface area contributed by atoms with Gasteiger partial charge in [-0.15, -0.1) is 12.4 Å². The van der Waals surface area contributed by atoms with E-state index in [4.69, 9.17) is 0 Å². The van der Waals surface area contributed by atoms with E-state index in [0.29, 0.717) is 0 Å². The van der Waals surface area contributed by atoms with Gasteiger partial charge in [0.25, 0.3) is 0 Å². The minimum Gasteiger partial charge on any atom is -0.335 e. The summed E-state index contributed by atoms with van der Waals surface area (Å²) in [4.78, 5) is 14.9. The molecule has 0 aliphatic carbocycles. The third kappa shape index (κ3) is 4.72. The highest BCUT2D eigenvalue weighted by atomic mass is 35.5. The van der Waals surface area contributed by atoms with Gasteiger partial charge in [-0.3, -0.25) is 4.79 Å². The zero-order valence-electron chi connectivity index (χ0n) is 14.0. The first-order valence-corrected chi connectivity index (χ1v) is 8.15. The summed E-state index contributed by atoms with van der Waals surface area (Å²) in [7, 11) is 1.91. The Balaban J connectivity index is 0.00000242. The molecule has 1 aromatic carbocycles. The number of hydrogen-bond donors (Lipinski definition) is 1. The van der Waals surface area contributed by atoms with Crippen LogP contribution in [-0.4, -0.2) is 30.9 Å². The molecule has 1 aliphatic rings. The molecule has 0 radical (unpaired) electrons. The Labute approximate surface area is 140 Å². The Bertz CT molecular complexity index is 478. The summed E-state index contributed by atoms with van der Waals surface area (Å²) < 4.78 is 0. The second kappa shape index (κ2) is 9.16. The average Bonchev–Trinajstić information content (AvgIpc) is 2.72. The Morgan fingerprint density at radius 3 is 2.82 bits per heavy atom. The maximum Gasteiger partial charge on any atom is 0.227 e. The molecule has 1 saturated heterocycles. The number of nitrogens with one attached hydrogen (secondary N) is 1. The van der Waals surface area contributed by atoms with Crippen LogP contribution < -0.4 is 5.32 Å². The van der Waals surface area contributed by atoms with Crippen molar-refractivity contribution in [3.63, 3.8) is 0 Å². The standard InChI is InChI=1S/C18H28N2O.ClH/c1-14-8-7-9-16(12-14)17-10-5-4-6-11-20(17)18(21)15(2)13-19-3;/h7-9,12,15,17,19H,4-6,10-11,13H2,1-3H3;1H. The van der Waals surface area contributed by atoms with Crippen molar-refractivity contribution in [3.05, 3.63) is 35.4 Å². The van der Waals surface area contributed by atoms with Crippen molar-refractivity contribution in [2.45, 2.75) is 45.6 Å². The van der Waals surface area contributed by atoms with Crippen LogP contribution in [0.1, 0.15) is 49.8 Å². The number of rotatable bonds is 4. The number of aryl methyl sites for hydroxylation is 1. The van der Waals surface area contributed by atoms with Crippen LogP contribution in [0.4, 0.5) is 0 Å². The number of amides is 1. The molecule has 1 fully saturated rings. The number of carbonyl (C=O) groups is 1. The van der Waals surface area contributed by atoms with E-state index in [9.17, 15) is 4.79 Å². The summed E-state index contributed by atoms with van der Waals surface area (Å²) >= 11 is 0. The van der Waals surface area contributed by atoms with Crippen molar-refractivity contribution in [2.75, 3.05) is 20.1 Å². The van der Waals surface area contributed by atoms with Crippen LogP contribution in [0.25, 0.3) is 0 Å². The molecule has 4 heteroatoms. The molecule has 3 nitrogen and oxygen atoms in total. The van der Waals surface area contributed by atoms with E-state index >= 15 is 0 Å². The Morgan fingerprint density at radius 1 is 1.36 bits per heavy atom. The molecule has 0 aromatic heterocycles. The predicted molar refractivity (Wildman–Crippen MR) is 94.4 cm³/mol. The van der Waals surface area contributed by atoms with Gasteiger partial charge in [0.2, 0.25) is 5.91 Å². The first kappa shape index (κ1) is 19.0. The quantitative estimate of drug-likeness (QED) is 0.915. The second-order valence-corrected chi connectivity index (χ2v) is 6.27. The second-order valence-electron chi connectivity index (χ2n) is 6.27. The van der Waals surface area contributed by atoms with Crippen molar-refractivity contribution in [3.8, 4) is 0 Å². The topological polar surface area (TPSA) is 32.3 Å². The minimum atomic E-state index is 0. The largest absolute Gasteiger partial charge is 0.335 e. The normalized spacial score (nSPS) is 20.0. The van der Waals surface area contributed by atoms with E-state index in [0.717, 1.165) is 25.9 Å². The lowest BCUT2D eigenvalue weighted by Crippen LogP contribution is -2.40. The molecule has 0 spiro atoms. The SMILES string of the molecule is CNCC(C)C(=O)N1CCCCCC1c1cccc(C)c1.Cl. The van der Waals surface area contributed by atoms with Gasteiger partial charge < -0.3 is 10.2 Å². The number of hydrogen-bond acceptors (Lipinski definition) is 2. The molecule has 124 valence electrons. The highest BCUT2D eigenvalue weighted by molar-refractivity contribution is 5.85. The van der Waals surface area contributed by atoms with E-state index in [2.05, 4.69) is 41.4 Å². The van der Waals surface area contributed by atoms with Crippen LogP contribution in [-0.2, 0) is 4.79 Å². The monoisotopic (exact) mass is 324 g/mol. The lowest BCUT2D eigenvalue weighted by Gasteiger charge is -2.33. The van der Waals surface area contributed by atoms with Gasteiger partial charge in [-0.1, -0.05) is 49.6 Å². The maximum absolute atomic E-state index is 12.8. The van der Waals surface area contributed by atoms with Crippen LogP contribution in [0.5, 0.6) is 0 Å². The van der Waals surface area contributed by atoms with Gasteiger partial charge in [0.15, 0.2) is 0 Å². The molecule has 1 amide bonds. The third-order valence-electron chi connectivity index (χ3n) is 4.39. The molecule has 1 aliphatic heterocycles. The van der Waals surface area contributed by atoms with Gasteiger partial charge in [-0.2, -0.15) is 0 Å². The number of nitrogens with zero attached hydrogens (tertiary/aromatic N) is 1. The van der Waals surface area contributed by atoms with Crippen molar-refractivity contribution in [2.24, 2.45) is 5.92 Å². The molecular formula is C18H29ClN2O. The van der Waals surface area contributed by atoms with Crippen LogP contribution in [0.2, 0.25) is 0 Å². The van der Waals surface area contributed by atoms with Crippen molar-refractivity contribution < 1.29 is 4.79 Å². The number of carbonyl (C=O) groups excluding carboxylic acids is 1. The van der Waals surface area contributed by atoms with Crippen LogP contribution in [0, 0.1) is 12.8 Å². The third-order valence-corrected chi connectivity index (χ3v) is 4.39. The summed E-state index contributed by atoms with van der Waals surface area (Å²) in [5.41, 5.74) is 2.56. The Hall–Kier alpha value is -1.06. The van der Waals surface area contributed by atoms with Gasteiger partial charge >= 0.3 is 0 Å². The molecule has 1 N–H and O–H groups in total. The number of likely N-dealkylation sites (tertiary alicyclic amines) is 1. The zero-order chi connectivity index (χ0) is 15.2. The van der Waals surface area contributed by atoms with Crippen molar-refractivity contribution in [1.82, 2.24) is 10.2 Å². The minimum absolute atomic E-state index is 0. The highest BCUT2D eigenvalue weighted by Crippen LogP contribution is 2.31. The van der Waals surface area contributed by atoms with Gasteiger partial charge in [-0.25, -0.2) is 0 Å². The summed E-state index contributed by atoms with van der Waals surface area (Å²) in [5, 5.41) is 3.12. The molecule has 0 saturated carbocycles. The molecule has 2 atom stereocenters. The van der Waals surface area contributed by atoms with Gasteiger partial charge in [-0.05, 0) is 32.4 Å². The van der Waals surface area contributed by atoms with Crippen LogP contribution in [0.15, 0.2) is 24.3 Å². The smallest absolute Gasteiger partial charge is 0.227 e. The van der Waals surface area contributed by atoms with Gasteiger partial charge in [0.1, 0.15) is 0 Å². The fourth-order valence-electron chi connectivity index (χ4n) is 3.27. The lowest BCUT2D eigenvalue weighted by atomic mass is 9.98. The maximum atomic E-state index is 12.8. The number of benzene rings is 1. The van der Waals surface area contributed by atoms with E-state index in [1.54, 1.807) is 0 Å². The van der Waals surface area contributed by atoms with Crippen LogP contribution >= 0.6 is 12.4 Å². The molecular weight excluding hydrogens is 296 g/mol. The fourth-order valence-corrected chi connectivity index (χ4v) is 3.27. The summed E-state index contributed by atoms with van der Waals surface area (Å²) in [6.45, 7) is 5.79. The zero-order valence-corrected chi connectivity index (χ0v) is 14.8. The van der Waals surface area contributed by atoms with Crippen molar-refractivity contribution >= 4 is 18.3 Å². The molecule has 1 heterocycles. The first-order valence-electron chi connectivity index (χ1n) is 8.15. The fraction of sp³-hybridized carbons (Fsp3) is 0.611. The lowest BCUT2D eigenvalue weighted by molar-refractivity contribution is -0.137. The Kier molecular flexibility index (Phi) is 7.91. The molecule has 0 bridgehead atoms. The average molecular weight is 325 g/mol. The van der Waals surface area contributed by atoms with E-state index in [1.807, 2.05) is 14.0 Å². The molecule has 1 aromatic rings. The van der Waals surface area contributed by atoms with Gasteiger partial charge in [0, 0.05) is 19.0 Å². The molecule has 2 unspecified atom stereocenters. The summed E-state index contributed by atoms with van der Waals surface area (Å²) in [5.74, 6) is 0.332. The molecule has 22 heavy (non-hydrogen) atoms. The highest BCUT2D eigenvalue weighted by Gasteiger charge is 2.29. The predicted octanol–water partition coefficient (Wildman–Crippen LogP) is 3.72.